The third-order valence-corrected chi connectivity index (χ3v) is 4.38. The number of nitrogens with one attached hydrogen (secondary N) is 1. The number of hydrogen-bond donors (Lipinski definition) is 1. The Morgan fingerprint density at radius 1 is 1.38 bits per heavy atom. The smallest absolute Gasteiger partial charge is 0.234 e. The van der Waals surface area contributed by atoms with E-state index in [1.807, 2.05) is 30.3 Å². The summed E-state index contributed by atoms with van der Waals surface area (Å²) in [5.74, 6) is 0.604. The molecule has 1 aromatic carbocycles. The van der Waals surface area contributed by atoms with Crippen LogP contribution in [0.5, 0.6) is 0 Å². The molecule has 0 aliphatic carbocycles. The Kier molecular flexibility index (Phi) is 5.27. The highest BCUT2D eigenvalue weighted by molar-refractivity contribution is 5.78. The van der Waals surface area contributed by atoms with Gasteiger partial charge in [0.2, 0.25) is 11.8 Å². The van der Waals surface area contributed by atoms with Crippen LogP contribution in [0.2, 0.25) is 0 Å². The molecule has 1 aliphatic rings. The lowest BCUT2D eigenvalue weighted by Crippen LogP contribution is -2.38. The van der Waals surface area contributed by atoms with Crippen molar-refractivity contribution >= 4 is 5.91 Å². The van der Waals surface area contributed by atoms with Crippen molar-refractivity contribution in [3.63, 3.8) is 0 Å². The zero-order chi connectivity index (χ0) is 16.9. The monoisotopic (exact) mass is 328 g/mol. The van der Waals surface area contributed by atoms with Crippen LogP contribution in [0, 0.1) is 0 Å². The molecule has 3 rings (SSSR count). The first kappa shape index (κ1) is 16.7. The van der Waals surface area contributed by atoms with Gasteiger partial charge in [-0.05, 0) is 32.6 Å². The van der Waals surface area contributed by atoms with Crippen LogP contribution in [0.1, 0.15) is 12.1 Å². The molecular formula is C18H24N4O2. The standard InChI is InChI=1S/C18H24N4O2/c1-21(2)16-8-9-22(11-16)12-17(23)19-10-15-13-24-18(20-15)14-6-4-3-5-7-14/h3-7,13,16H,8-12H2,1-2H3,(H,19,23)/t16-/m1/s1. The fraction of sp³-hybridized carbons (Fsp3) is 0.444. The van der Waals surface area contributed by atoms with Crippen LogP contribution in [0.15, 0.2) is 41.0 Å². The molecule has 1 aliphatic heterocycles. The second-order valence-corrected chi connectivity index (χ2v) is 6.43. The van der Waals surface area contributed by atoms with E-state index in [-0.39, 0.29) is 5.91 Å². The lowest BCUT2D eigenvalue weighted by Gasteiger charge is -2.19. The van der Waals surface area contributed by atoms with Crippen LogP contribution in [-0.2, 0) is 11.3 Å². The van der Waals surface area contributed by atoms with Gasteiger partial charge in [-0.2, -0.15) is 0 Å². The van der Waals surface area contributed by atoms with Crippen molar-refractivity contribution in [2.24, 2.45) is 0 Å². The number of carbonyl (C=O) groups excluding carboxylic acids is 1. The van der Waals surface area contributed by atoms with E-state index < -0.39 is 0 Å². The molecule has 1 atom stereocenters. The van der Waals surface area contributed by atoms with E-state index in [4.69, 9.17) is 4.42 Å². The molecule has 0 saturated carbocycles. The molecule has 0 bridgehead atoms. The van der Waals surface area contributed by atoms with Crippen LogP contribution < -0.4 is 5.32 Å². The summed E-state index contributed by atoms with van der Waals surface area (Å²) in [6, 6.07) is 10.3. The molecule has 1 saturated heterocycles. The van der Waals surface area contributed by atoms with E-state index >= 15 is 0 Å². The zero-order valence-corrected chi connectivity index (χ0v) is 14.2. The topological polar surface area (TPSA) is 61.6 Å². The Hall–Kier alpha value is -2.18. The number of rotatable bonds is 6. The molecule has 128 valence electrons. The normalized spacial score (nSPS) is 18.2. The van der Waals surface area contributed by atoms with Crippen molar-refractivity contribution < 1.29 is 9.21 Å². The number of oxazole rings is 1. The summed E-state index contributed by atoms with van der Waals surface area (Å²) in [6.07, 6.45) is 2.71. The molecule has 1 amide bonds. The van der Waals surface area contributed by atoms with E-state index in [0.29, 0.717) is 25.0 Å². The van der Waals surface area contributed by atoms with Crippen LogP contribution >= 0.6 is 0 Å². The Morgan fingerprint density at radius 2 is 2.17 bits per heavy atom. The third kappa shape index (κ3) is 4.21. The Morgan fingerprint density at radius 3 is 2.88 bits per heavy atom. The minimum atomic E-state index is 0.0265. The summed E-state index contributed by atoms with van der Waals surface area (Å²) in [5.41, 5.74) is 1.66. The molecule has 1 fully saturated rings. The second kappa shape index (κ2) is 7.59. The van der Waals surface area contributed by atoms with E-state index in [1.54, 1.807) is 6.26 Å². The largest absolute Gasteiger partial charge is 0.444 e. The summed E-state index contributed by atoms with van der Waals surface area (Å²) >= 11 is 0. The average molecular weight is 328 g/mol. The van der Waals surface area contributed by atoms with Gasteiger partial charge in [-0.15, -0.1) is 0 Å². The number of likely N-dealkylation sites (tertiary alicyclic amines) is 1. The van der Waals surface area contributed by atoms with Gasteiger partial charge in [-0.3, -0.25) is 9.69 Å². The molecule has 0 radical (unpaired) electrons. The van der Waals surface area contributed by atoms with Crippen LogP contribution in [-0.4, -0.2) is 60.5 Å². The number of amides is 1. The van der Waals surface area contributed by atoms with Gasteiger partial charge >= 0.3 is 0 Å². The minimum absolute atomic E-state index is 0.0265. The highest BCUT2D eigenvalue weighted by Gasteiger charge is 2.25. The maximum atomic E-state index is 12.1. The van der Waals surface area contributed by atoms with Gasteiger partial charge in [0.05, 0.1) is 18.8 Å². The van der Waals surface area contributed by atoms with Crippen molar-refractivity contribution in [2.75, 3.05) is 33.7 Å². The van der Waals surface area contributed by atoms with Gasteiger partial charge in [0.15, 0.2) is 0 Å². The number of carbonyl (C=O) groups is 1. The summed E-state index contributed by atoms with van der Waals surface area (Å²) in [6.45, 7) is 2.74. The number of likely N-dealkylation sites (N-methyl/N-ethyl adjacent to an activating group) is 1. The van der Waals surface area contributed by atoms with Crippen molar-refractivity contribution in [1.82, 2.24) is 20.1 Å². The van der Waals surface area contributed by atoms with E-state index in [9.17, 15) is 4.79 Å². The third-order valence-electron chi connectivity index (χ3n) is 4.38. The maximum Gasteiger partial charge on any atom is 0.234 e. The Labute approximate surface area is 142 Å². The molecule has 2 aromatic rings. The molecule has 0 spiro atoms. The molecule has 6 nitrogen and oxygen atoms in total. The van der Waals surface area contributed by atoms with Crippen molar-refractivity contribution in [3.8, 4) is 11.5 Å². The number of benzene rings is 1. The highest BCUT2D eigenvalue weighted by Crippen LogP contribution is 2.17. The first-order chi connectivity index (χ1) is 11.6. The first-order valence-electron chi connectivity index (χ1n) is 8.27. The predicted molar refractivity (Wildman–Crippen MR) is 92.3 cm³/mol. The fourth-order valence-electron chi connectivity index (χ4n) is 2.93. The zero-order valence-electron chi connectivity index (χ0n) is 14.2. The second-order valence-electron chi connectivity index (χ2n) is 6.43. The molecule has 0 unspecified atom stereocenters. The lowest BCUT2D eigenvalue weighted by atomic mass is 10.2. The summed E-state index contributed by atoms with van der Waals surface area (Å²) in [7, 11) is 4.17. The molecular weight excluding hydrogens is 304 g/mol. The van der Waals surface area contributed by atoms with Gasteiger partial charge in [0.1, 0.15) is 6.26 Å². The lowest BCUT2D eigenvalue weighted by molar-refractivity contribution is -0.122. The van der Waals surface area contributed by atoms with E-state index in [0.717, 1.165) is 30.8 Å². The summed E-state index contributed by atoms with van der Waals surface area (Å²) in [5, 5.41) is 2.92. The predicted octanol–water partition coefficient (Wildman–Crippen LogP) is 1.59. The molecule has 1 N–H and O–H groups in total. The van der Waals surface area contributed by atoms with Gasteiger partial charge in [0, 0.05) is 24.7 Å². The fourth-order valence-corrected chi connectivity index (χ4v) is 2.93. The summed E-state index contributed by atoms with van der Waals surface area (Å²) < 4.78 is 5.48. The number of aromatic nitrogens is 1. The van der Waals surface area contributed by atoms with Crippen LogP contribution in [0.25, 0.3) is 11.5 Å². The van der Waals surface area contributed by atoms with Crippen LogP contribution in [0.3, 0.4) is 0 Å². The van der Waals surface area contributed by atoms with Gasteiger partial charge in [-0.1, -0.05) is 18.2 Å². The van der Waals surface area contributed by atoms with Crippen molar-refractivity contribution in [1.29, 1.82) is 0 Å². The Balaban J connectivity index is 1.46. The minimum Gasteiger partial charge on any atom is -0.444 e. The van der Waals surface area contributed by atoms with E-state index in [1.165, 1.54) is 0 Å². The quantitative estimate of drug-likeness (QED) is 0.873. The molecule has 1 aromatic heterocycles. The van der Waals surface area contributed by atoms with Crippen LogP contribution in [0.4, 0.5) is 0 Å². The average Bonchev–Trinajstić information content (AvgIpc) is 3.23. The highest BCUT2D eigenvalue weighted by atomic mass is 16.3. The molecule has 24 heavy (non-hydrogen) atoms. The van der Waals surface area contributed by atoms with E-state index in [2.05, 4.69) is 34.2 Å². The van der Waals surface area contributed by atoms with Crippen molar-refractivity contribution in [3.05, 3.63) is 42.3 Å². The molecule has 2 heterocycles. The van der Waals surface area contributed by atoms with Crippen molar-refractivity contribution in [2.45, 2.75) is 19.0 Å². The molecule has 6 heteroatoms. The number of nitrogens with zero attached hydrogens (tertiary/aromatic N) is 3. The van der Waals surface area contributed by atoms with Gasteiger partial charge in [-0.25, -0.2) is 4.98 Å². The van der Waals surface area contributed by atoms with Gasteiger partial charge < -0.3 is 14.6 Å². The van der Waals surface area contributed by atoms with Gasteiger partial charge in [0.25, 0.3) is 0 Å². The first-order valence-corrected chi connectivity index (χ1v) is 8.27. The summed E-state index contributed by atoms with van der Waals surface area (Å²) in [4.78, 5) is 20.9. The number of hydrogen-bond acceptors (Lipinski definition) is 5. The maximum absolute atomic E-state index is 12.1. The Bertz CT molecular complexity index is 669. The SMILES string of the molecule is CN(C)[C@@H]1CCN(CC(=O)NCc2coc(-c3ccccc3)n2)C1.